The van der Waals surface area contributed by atoms with E-state index in [1.807, 2.05) is 12.3 Å². The number of rotatable bonds is 10. The zero-order valence-electron chi connectivity index (χ0n) is 44.5. The third kappa shape index (κ3) is 10.1. The van der Waals surface area contributed by atoms with Gasteiger partial charge in [0.1, 0.15) is 11.6 Å². The van der Waals surface area contributed by atoms with Crippen molar-refractivity contribution in [2.75, 3.05) is 0 Å². The van der Waals surface area contributed by atoms with Crippen LogP contribution in [0.5, 0.6) is 5.75 Å². The summed E-state index contributed by atoms with van der Waals surface area (Å²) in [7, 11) is 0. The summed E-state index contributed by atoms with van der Waals surface area (Å²) in [5, 5.41) is 12.7. The third-order valence-electron chi connectivity index (χ3n) is 14.6. The number of hydrogen-bond donors (Lipinski definition) is 1. The molecular weight excluding hydrogens is 1110 g/mol. The van der Waals surface area contributed by atoms with Crippen molar-refractivity contribution in [3.05, 3.63) is 241 Å². The van der Waals surface area contributed by atoms with Gasteiger partial charge in [-0.15, -0.1) is 23.8 Å². The Morgan fingerprint density at radius 1 is 0.461 bits per heavy atom. The number of imidazole rings is 1. The largest absolute Gasteiger partial charge is 0.507 e. The first-order chi connectivity index (χ1) is 36.2. The molecule has 5 heteroatoms. The fourth-order valence-corrected chi connectivity index (χ4v) is 10.4. The molecular formula is C71H62N3OPt-. The molecule has 0 amide bonds. The normalized spacial score (nSPS) is 11.8. The number of nitrogens with zero attached hydrogens (tertiary/aromatic N) is 3. The number of aromatic nitrogens is 3. The number of phenolic OH excluding ortho intramolecular Hbond substituents is 1. The summed E-state index contributed by atoms with van der Waals surface area (Å²) in [6.45, 7) is 17.7. The predicted molar refractivity (Wildman–Crippen MR) is 314 cm³/mol. The number of para-hydroxylation sites is 2. The van der Waals surface area contributed by atoms with Crippen LogP contribution in [0.4, 0.5) is 0 Å². The second kappa shape index (κ2) is 21.0. The van der Waals surface area contributed by atoms with Gasteiger partial charge in [0.25, 0.3) is 0 Å². The van der Waals surface area contributed by atoms with Crippen molar-refractivity contribution in [1.82, 2.24) is 14.5 Å². The molecule has 9 aromatic carbocycles. The van der Waals surface area contributed by atoms with E-state index in [0.29, 0.717) is 11.4 Å². The standard InChI is InChI=1S/C71H62N3O.Pt/c1-46(2)59-26-18-28-61(53-24-16-11-17-25-53)67(59)74-65-29-19-27-60(66(65)73-69(74)62-44-58(70(3,4)5)45-63(68(62)75)71(6,7)8)56-40-55(52-36-32-50(33-37-52)48-22-14-10-15-23-48)41-57(42-56)64-43-54(38-39-72-64)51-34-30-49(31-35-51)47-20-12-9-13-21-47;/h9-41,43-46,75H,1-8H3;/q-1;. The van der Waals surface area contributed by atoms with E-state index in [1.165, 1.54) is 22.3 Å². The van der Waals surface area contributed by atoms with Crippen LogP contribution in [0.3, 0.4) is 0 Å². The van der Waals surface area contributed by atoms with Crippen molar-refractivity contribution in [3.8, 4) is 101 Å². The smallest absolute Gasteiger partial charge is 0.148 e. The van der Waals surface area contributed by atoms with Crippen molar-refractivity contribution in [2.24, 2.45) is 0 Å². The van der Waals surface area contributed by atoms with Gasteiger partial charge >= 0.3 is 0 Å². The monoisotopic (exact) mass is 1170 g/mol. The molecule has 0 saturated heterocycles. The van der Waals surface area contributed by atoms with E-state index in [4.69, 9.17) is 9.97 Å². The van der Waals surface area contributed by atoms with Gasteiger partial charge in [-0.2, -0.15) is 0 Å². The zero-order chi connectivity index (χ0) is 52.0. The van der Waals surface area contributed by atoms with Crippen LogP contribution in [0.15, 0.2) is 219 Å². The minimum atomic E-state index is -0.352. The van der Waals surface area contributed by atoms with Gasteiger partial charge in [-0.3, -0.25) is 9.55 Å². The summed E-state index contributed by atoms with van der Waals surface area (Å²) >= 11 is 0. The van der Waals surface area contributed by atoms with Crippen LogP contribution >= 0.6 is 0 Å². The summed E-state index contributed by atoms with van der Waals surface area (Å²) in [5.74, 6) is 1.09. The molecule has 0 aliphatic heterocycles. The average molecular weight is 1170 g/mol. The molecule has 0 radical (unpaired) electrons. The number of phenols is 1. The summed E-state index contributed by atoms with van der Waals surface area (Å²) in [6, 6.07) is 79.3. The van der Waals surface area contributed by atoms with E-state index in [2.05, 4.69) is 272 Å². The molecule has 4 nitrogen and oxygen atoms in total. The first-order valence-corrected chi connectivity index (χ1v) is 26.1. The molecule has 76 heavy (non-hydrogen) atoms. The Kier molecular flexibility index (Phi) is 14.3. The van der Waals surface area contributed by atoms with Gasteiger partial charge in [0.15, 0.2) is 0 Å². The van der Waals surface area contributed by atoms with E-state index in [1.54, 1.807) is 0 Å². The number of aromatic hydroxyl groups is 1. The molecule has 11 rings (SSSR count). The minimum Gasteiger partial charge on any atom is -0.507 e. The summed E-state index contributed by atoms with van der Waals surface area (Å²) in [4.78, 5) is 10.8. The molecule has 0 bridgehead atoms. The molecule has 378 valence electrons. The van der Waals surface area contributed by atoms with Crippen LogP contribution in [-0.2, 0) is 31.9 Å². The molecule has 0 unspecified atom stereocenters. The van der Waals surface area contributed by atoms with Crippen LogP contribution in [0.1, 0.15) is 78.0 Å². The van der Waals surface area contributed by atoms with Gasteiger partial charge in [-0.1, -0.05) is 254 Å². The van der Waals surface area contributed by atoms with Gasteiger partial charge in [-0.25, -0.2) is 4.98 Å². The third-order valence-corrected chi connectivity index (χ3v) is 14.6. The average Bonchev–Trinajstić information content (AvgIpc) is 3.91. The first-order valence-electron chi connectivity index (χ1n) is 26.1. The van der Waals surface area contributed by atoms with Crippen LogP contribution in [0, 0.1) is 6.07 Å². The van der Waals surface area contributed by atoms with Crippen LogP contribution < -0.4 is 0 Å². The van der Waals surface area contributed by atoms with Crippen molar-refractivity contribution in [2.45, 2.75) is 72.1 Å². The Morgan fingerprint density at radius 2 is 0.974 bits per heavy atom. The Labute approximate surface area is 463 Å². The van der Waals surface area contributed by atoms with Gasteiger partial charge in [0.05, 0.1) is 22.3 Å². The molecule has 0 fully saturated rings. The number of pyridine rings is 1. The molecule has 2 aromatic heterocycles. The van der Waals surface area contributed by atoms with Gasteiger partial charge in [0.2, 0.25) is 0 Å². The first kappa shape index (κ1) is 51.6. The Bertz CT molecular complexity index is 3850. The molecule has 11 aromatic rings. The Balaban J connectivity index is 0.00000657. The van der Waals surface area contributed by atoms with E-state index in [-0.39, 0.29) is 43.6 Å². The van der Waals surface area contributed by atoms with E-state index in [9.17, 15) is 5.11 Å². The van der Waals surface area contributed by atoms with Gasteiger partial charge < -0.3 is 5.11 Å². The molecule has 0 aliphatic carbocycles. The molecule has 0 aliphatic rings. The second-order valence-corrected chi connectivity index (χ2v) is 22.1. The van der Waals surface area contributed by atoms with E-state index in [0.717, 1.165) is 89.2 Å². The minimum absolute atomic E-state index is 0. The van der Waals surface area contributed by atoms with E-state index >= 15 is 0 Å². The maximum atomic E-state index is 12.7. The molecule has 2 heterocycles. The van der Waals surface area contributed by atoms with Gasteiger partial charge in [0, 0.05) is 44.1 Å². The van der Waals surface area contributed by atoms with Gasteiger partial charge in [-0.05, 0) is 90.6 Å². The quantitative estimate of drug-likeness (QED) is 0.139. The van der Waals surface area contributed by atoms with Crippen molar-refractivity contribution < 1.29 is 26.2 Å². The summed E-state index contributed by atoms with van der Waals surface area (Å²) in [5.41, 5.74) is 20.8. The number of fused-ring (bicyclic) bond motifs is 1. The Hall–Kier alpha value is -7.91. The van der Waals surface area contributed by atoms with Crippen molar-refractivity contribution in [3.63, 3.8) is 0 Å². The SMILES string of the molecule is CC(C)c1cccc(-c2ccccc2)c1-n1c(-c2cc(C(C)(C)C)cc(C(C)(C)C)c2O)nc2c(-c3[c-]c(-c4cc(-c5ccc(-c6ccccc6)cc5)ccn4)cc(-c4ccc(-c5ccccc5)cc4)c3)cccc21.[Pt]. The fraction of sp³-hybridized carbons (Fsp3) is 0.155. The molecule has 0 spiro atoms. The fourth-order valence-electron chi connectivity index (χ4n) is 10.4. The van der Waals surface area contributed by atoms with Crippen LogP contribution in [0.2, 0.25) is 0 Å². The Morgan fingerprint density at radius 3 is 1.54 bits per heavy atom. The van der Waals surface area contributed by atoms with Crippen LogP contribution in [-0.4, -0.2) is 19.6 Å². The maximum absolute atomic E-state index is 12.7. The molecule has 0 atom stereocenters. The number of hydrogen-bond acceptors (Lipinski definition) is 3. The zero-order valence-corrected chi connectivity index (χ0v) is 46.7. The second-order valence-electron chi connectivity index (χ2n) is 22.1. The number of benzene rings is 9. The van der Waals surface area contributed by atoms with Crippen molar-refractivity contribution in [1.29, 1.82) is 0 Å². The molecule has 0 saturated carbocycles. The predicted octanol–water partition coefficient (Wildman–Crippen LogP) is 19.0. The van der Waals surface area contributed by atoms with Crippen LogP contribution in [0.25, 0.3) is 106 Å². The van der Waals surface area contributed by atoms with E-state index < -0.39 is 0 Å². The summed E-state index contributed by atoms with van der Waals surface area (Å²) in [6.07, 6.45) is 1.90. The van der Waals surface area contributed by atoms with Crippen molar-refractivity contribution >= 4 is 11.0 Å². The topological polar surface area (TPSA) is 50.9 Å². The maximum Gasteiger partial charge on any atom is 0.148 e. The molecule has 1 N–H and O–H groups in total. The summed E-state index contributed by atoms with van der Waals surface area (Å²) < 4.78 is 2.32.